The van der Waals surface area contributed by atoms with E-state index in [1.165, 1.54) is 43.3 Å². The number of phenols is 3. The Morgan fingerprint density at radius 3 is 1.50 bits per heavy atom. The van der Waals surface area contributed by atoms with E-state index in [1.807, 2.05) is 6.92 Å². The molecule has 0 unspecified atom stereocenters. The molecule has 0 saturated heterocycles. The Hall–Kier alpha value is -4.55. The first-order valence-electron chi connectivity index (χ1n) is 12.1. The summed E-state index contributed by atoms with van der Waals surface area (Å²) in [5, 5.41) is 26.7. The van der Waals surface area contributed by atoms with Gasteiger partial charge in [0, 0.05) is 12.5 Å². The molecule has 0 atom stereocenters. The van der Waals surface area contributed by atoms with Gasteiger partial charge in [0.05, 0.1) is 12.1 Å². The minimum absolute atomic E-state index is 0.0195. The Morgan fingerprint density at radius 1 is 0.714 bits per heavy atom. The smallest absolute Gasteiger partial charge is 0.450 e. The molecule has 0 heterocycles. The van der Waals surface area contributed by atoms with Crippen LogP contribution < -0.4 is 5.73 Å². The van der Waals surface area contributed by atoms with Gasteiger partial charge in [-0.05, 0) is 79.9 Å². The highest BCUT2D eigenvalue weighted by Crippen LogP contribution is 2.19. The second-order valence-electron chi connectivity index (χ2n) is 8.69. The summed E-state index contributed by atoms with van der Waals surface area (Å²) < 4.78 is 71.9. The predicted molar refractivity (Wildman–Crippen MR) is 143 cm³/mol. The number of aryl methyl sites for hydroxylation is 1. The van der Waals surface area contributed by atoms with E-state index in [1.54, 1.807) is 0 Å². The minimum Gasteiger partial charge on any atom is -0.508 e. The summed E-state index contributed by atoms with van der Waals surface area (Å²) in [5.74, 6) is -3.99. The lowest BCUT2D eigenvalue weighted by Crippen LogP contribution is -2.24. The van der Waals surface area contributed by atoms with Gasteiger partial charge in [-0.3, -0.25) is 14.4 Å². The number of nitrogens with two attached hydrogens (primary N) is 1. The van der Waals surface area contributed by atoms with Gasteiger partial charge >= 0.3 is 6.18 Å². The average Bonchev–Trinajstić information content (AvgIpc) is 2.86. The maximum absolute atomic E-state index is 12.9. The molecule has 13 heteroatoms. The van der Waals surface area contributed by atoms with E-state index in [0.29, 0.717) is 12.0 Å². The van der Waals surface area contributed by atoms with E-state index in [4.69, 9.17) is 21.1 Å². The summed E-state index contributed by atoms with van der Waals surface area (Å²) in [7, 11) is 0. The number of Topliss-reactive ketones (excluding diaryl/α,β-unsaturated/α-hetero) is 3. The van der Waals surface area contributed by atoms with Crippen molar-refractivity contribution in [3.05, 3.63) is 83.2 Å². The molecule has 3 rings (SSSR count). The molecule has 42 heavy (non-hydrogen) atoms. The Labute approximate surface area is 238 Å². The molecule has 230 valence electrons. The molecule has 0 aliphatic heterocycles. The summed E-state index contributed by atoms with van der Waals surface area (Å²) in [6, 6.07) is 11.3. The molecular formula is C29H31F6NO6. The Morgan fingerprint density at radius 2 is 1.14 bits per heavy atom. The first-order chi connectivity index (χ1) is 19.4. The zero-order valence-electron chi connectivity index (χ0n) is 22.9. The number of hydrogen-bond acceptors (Lipinski definition) is 7. The Balaban J connectivity index is 0.000000537. The fraction of sp³-hybridized carbons (Fsp3) is 0.276. The number of benzene rings is 3. The topological polar surface area (TPSA) is 138 Å². The Bertz CT molecular complexity index is 1340. The summed E-state index contributed by atoms with van der Waals surface area (Å²) >= 11 is 0. The molecule has 0 radical (unpaired) electrons. The largest absolute Gasteiger partial charge is 0.508 e. The molecule has 0 aliphatic rings. The van der Waals surface area contributed by atoms with Crippen LogP contribution in [-0.2, 0) is 27.2 Å². The van der Waals surface area contributed by atoms with Crippen molar-refractivity contribution in [3.63, 3.8) is 0 Å². The van der Waals surface area contributed by atoms with Gasteiger partial charge in [-0.1, -0.05) is 13.3 Å². The number of aromatic hydroxyl groups is 3. The number of nitrogen functional groups attached to an aromatic ring is 1. The van der Waals surface area contributed by atoms with Gasteiger partial charge in [0.2, 0.25) is 5.78 Å². The van der Waals surface area contributed by atoms with Crippen LogP contribution in [0, 0.1) is 17.5 Å². The highest BCUT2D eigenvalue weighted by Gasteiger charge is 2.38. The van der Waals surface area contributed by atoms with Crippen molar-refractivity contribution in [2.75, 3.05) is 5.73 Å². The van der Waals surface area contributed by atoms with Gasteiger partial charge in [0.15, 0.2) is 0 Å². The molecule has 0 aromatic heterocycles. The second-order valence-corrected chi connectivity index (χ2v) is 8.69. The number of halogens is 6. The van der Waals surface area contributed by atoms with Crippen molar-refractivity contribution >= 4 is 23.0 Å². The quantitative estimate of drug-likeness (QED) is 0.146. The maximum atomic E-state index is 12.9. The Kier molecular flexibility index (Phi) is 16.0. The van der Waals surface area contributed by atoms with E-state index in [0.717, 1.165) is 31.5 Å². The lowest BCUT2D eigenvalue weighted by molar-refractivity contribution is -0.171. The molecule has 0 fully saturated rings. The molecule has 0 bridgehead atoms. The van der Waals surface area contributed by atoms with Crippen LogP contribution in [0.5, 0.6) is 17.2 Å². The SMILES string of the molecule is CC(=O)CC(=O)C(F)(F)F.CC(=O)Cc1cc(O)ccc1F.CCCc1cc(O)ccc1F.Nc1cc(O)ccc1F. The predicted octanol–water partition coefficient (Wildman–Crippen LogP) is 6.36. The van der Waals surface area contributed by atoms with Crippen LogP contribution >= 0.6 is 0 Å². The number of carbonyl (C=O) groups is 3. The molecular weight excluding hydrogens is 572 g/mol. The first-order valence-corrected chi connectivity index (χ1v) is 12.1. The summed E-state index contributed by atoms with van der Waals surface area (Å²) in [4.78, 5) is 30.5. The zero-order chi connectivity index (χ0) is 32.6. The van der Waals surface area contributed by atoms with Crippen molar-refractivity contribution in [3.8, 4) is 17.2 Å². The highest BCUT2D eigenvalue weighted by molar-refractivity contribution is 6.00. The van der Waals surface area contributed by atoms with Crippen LogP contribution in [0.3, 0.4) is 0 Å². The number of hydrogen-bond donors (Lipinski definition) is 4. The van der Waals surface area contributed by atoms with Gasteiger partial charge < -0.3 is 21.1 Å². The standard InChI is InChI=1S/C9H9FO2.C9H11FO.C6H6FNO.C5H5F3O2/c1-6(11)4-7-5-8(12)2-3-9(7)10;1-2-3-7-6-8(11)4-5-9(7)10;7-5-2-1-4(9)3-6(5)8;1-3(9)2-4(10)5(6,7)8/h2-3,5,12H,4H2,1H3;4-6,11H,2-3H2,1H3;1-3,9H,8H2;2H2,1H3. The summed E-state index contributed by atoms with van der Waals surface area (Å²) in [5.41, 5.74) is 5.88. The van der Waals surface area contributed by atoms with Crippen LogP contribution in [0.4, 0.5) is 32.0 Å². The number of phenolic OH excluding ortho intramolecular Hbond substituents is 3. The molecule has 7 nitrogen and oxygen atoms in total. The average molecular weight is 604 g/mol. The highest BCUT2D eigenvalue weighted by atomic mass is 19.4. The molecule has 0 amide bonds. The fourth-order valence-corrected chi connectivity index (χ4v) is 2.84. The van der Waals surface area contributed by atoms with Crippen molar-refractivity contribution in [1.29, 1.82) is 0 Å². The third-order valence-electron chi connectivity index (χ3n) is 4.72. The number of carbonyl (C=O) groups excluding carboxylic acids is 3. The van der Waals surface area contributed by atoms with E-state index < -0.39 is 35.8 Å². The lowest BCUT2D eigenvalue weighted by Gasteiger charge is -2.00. The number of rotatable bonds is 6. The van der Waals surface area contributed by atoms with E-state index in [2.05, 4.69) is 0 Å². The molecule has 3 aromatic carbocycles. The van der Waals surface area contributed by atoms with Crippen LogP contribution in [0.2, 0.25) is 0 Å². The molecule has 0 aliphatic carbocycles. The van der Waals surface area contributed by atoms with Crippen LogP contribution in [0.15, 0.2) is 54.6 Å². The molecule has 5 N–H and O–H groups in total. The first kappa shape index (κ1) is 37.5. The van der Waals surface area contributed by atoms with Gasteiger partial charge in [0.25, 0.3) is 0 Å². The van der Waals surface area contributed by atoms with Crippen LogP contribution in [0.1, 0.15) is 44.7 Å². The number of anilines is 1. The van der Waals surface area contributed by atoms with Gasteiger partial charge in [0.1, 0.15) is 46.3 Å². The third kappa shape index (κ3) is 15.9. The lowest BCUT2D eigenvalue weighted by atomic mass is 10.1. The summed E-state index contributed by atoms with van der Waals surface area (Å²) in [6.07, 6.45) is -4.32. The molecule has 3 aromatic rings. The fourth-order valence-electron chi connectivity index (χ4n) is 2.84. The number of alkyl halides is 3. The van der Waals surface area contributed by atoms with E-state index in [9.17, 15) is 40.7 Å². The normalized spacial score (nSPS) is 10.1. The molecule has 0 saturated carbocycles. The van der Waals surface area contributed by atoms with E-state index in [-0.39, 0.29) is 46.5 Å². The van der Waals surface area contributed by atoms with Crippen molar-refractivity contribution < 1.29 is 56.0 Å². The van der Waals surface area contributed by atoms with Gasteiger partial charge in [-0.15, -0.1) is 0 Å². The maximum Gasteiger partial charge on any atom is 0.450 e. The third-order valence-corrected chi connectivity index (χ3v) is 4.72. The second kappa shape index (κ2) is 18.0. The van der Waals surface area contributed by atoms with Crippen molar-refractivity contribution in [2.24, 2.45) is 0 Å². The molecule has 0 spiro atoms. The minimum atomic E-state index is -4.87. The zero-order valence-corrected chi connectivity index (χ0v) is 22.9. The van der Waals surface area contributed by atoms with Crippen molar-refractivity contribution in [2.45, 2.75) is 52.6 Å². The van der Waals surface area contributed by atoms with Gasteiger partial charge in [-0.25, -0.2) is 13.2 Å². The summed E-state index contributed by atoms with van der Waals surface area (Å²) in [6.45, 7) is 4.29. The number of ketones is 3. The monoisotopic (exact) mass is 603 g/mol. The van der Waals surface area contributed by atoms with Crippen LogP contribution in [-0.4, -0.2) is 38.8 Å². The van der Waals surface area contributed by atoms with Crippen LogP contribution in [0.25, 0.3) is 0 Å². The van der Waals surface area contributed by atoms with Crippen molar-refractivity contribution in [1.82, 2.24) is 0 Å². The van der Waals surface area contributed by atoms with E-state index >= 15 is 0 Å². The van der Waals surface area contributed by atoms with Gasteiger partial charge in [-0.2, -0.15) is 13.2 Å².